The van der Waals surface area contributed by atoms with E-state index in [4.69, 9.17) is 11.6 Å². The summed E-state index contributed by atoms with van der Waals surface area (Å²) in [5.74, 6) is -0.0168. The minimum absolute atomic E-state index is 0.0168. The predicted molar refractivity (Wildman–Crippen MR) is 43.6 cm³/mol. The Morgan fingerprint density at radius 3 is 2.67 bits per heavy atom. The fraction of sp³-hybridized carbons (Fsp3) is 0.167. The lowest BCUT2D eigenvalue weighted by molar-refractivity contribution is -0.0499. The lowest BCUT2D eigenvalue weighted by Gasteiger charge is -2.03. The van der Waals surface area contributed by atoms with Gasteiger partial charge in [-0.1, -0.05) is 11.6 Å². The highest BCUT2D eigenvalue weighted by Crippen LogP contribution is 2.22. The van der Waals surface area contributed by atoms with E-state index in [0.717, 1.165) is 0 Å². The van der Waals surface area contributed by atoms with Gasteiger partial charge in [-0.2, -0.15) is 8.78 Å². The first-order valence-electron chi connectivity index (χ1n) is 2.86. The van der Waals surface area contributed by atoms with Crippen molar-refractivity contribution in [3.63, 3.8) is 0 Å². The second kappa shape index (κ2) is 4.00. The van der Waals surface area contributed by atoms with Crippen molar-refractivity contribution in [3.8, 4) is 5.75 Å². The highest BCUT2D eigenvalue weighted by atomic mass is 79.9. The van der Waals surface area contributed by atoms with E-state index in [-0.39, 0.29) is 10.9 Å². The first-order valence-corrected chi connectivity index (χ1v) is 4.03. The second-order valence-corrected chi connectivity index (χ2v) is 3.03. The van der Waals surface area contributed by atoms with Crippen LogP contribution in [-0.4, -0.2) is 11.6 Å². The molecule has 1 heterocycles. The molecule has 0 atom stereocenters. The van der Waals surface area contributed by atoms with Gasteiger partial charge in [-0.05, 0) is 15.9 Å². The summed E-state index contributed by atoms with van der Waals surface area (Å²) in [6.45, 7) is -2.85. The third kappa shape index (κ3) is 2.91. The highest BCUT2D eigenvalue weighted by molar-refractivity contribution is 9.10. The quantitative estimate of drug-likeness (QED) is 0.761. The van der Waals surface area contributed by atoms with Gasteiger partial charge in [0.05, 0.1) is 0 Å². The summed E-state index contributed by atoms with van der Waals surface area (Å²) in [6, 6.07) is 2.51. The molecule has 0 fully saturated rings. The van der Waals surface area contributed by atoms with E-state index < -0.39 is 6.61 Å². The number of hydrogen-bond acceptors (Lipinski definition) is 2. The molecule has 6 heteroatoms. The molecule has 0 saturated heterocycles. The molecule has 0 aromatic carbocycles. The maximum Gasteiger partial charge on any atom is 0.387 e. The third-order valence-corrected chi connectivity index (χ3v) is 1.56. The van der Waals surface area contributed by atoms with Crippen LogP contribution in [0.4, 0.5) is 8.78 Å². The Bertz CT molecular complexity index is 264. The van der Waals surface area contributed by atoms with E-state index in [1.807, 2.05) is 0 Å². The molecule has 0 aliphatic heterocycles. The molecule has 0 N–H and O–H groups in total. The molecule has 0 spiro atoms. The average molecular weight is 258 g/mol. The van der Waals surface area contributed by atoms with Crippen LogP contribution in [0.2, 0.25) is 5.15 Å². The Morgan fingerprint density at radius 1 is 1.50 bits per heavy atom. The molecule has 1 rings (SSSR count). The molecule has 0 unspecified atom stereocenters. The van der Waals surface area contributed by atoms with Crippen LogP contribution < -0.4 is 4.74 Å². The van der Waals surface area contributed by atoms with Crippen molar-refractivity contribution < 1.29 is 13.5 Å². The van der Waals surface area contributed by atoms with Crippen molar-refractivity contribution in [2.24, 2.45) is 0 Å². The minimum Gasteiger partial charge on any atom is -0.435 e. The lowest BCUT2D eigenvalue weighted by Crippen LogP contribution is -2.01. The number of rotatable bonds is 2. The summed E-state index contributed by atoms with van der Waals surface area (Å²) in [7, 11) is 0. The fourth-order valence-electron chi connectivity index (χ4n) is 0.614. The lowest BCUT2D eigenvalue weighted by atomic mass is 10.5. The van der Waals surface area contributed by atoms with E-state index in [9.17, 15) is 8.78 Å². The van der Waals surface area contributed by atoms with Crippen LogP contribution >= 0.6 is 27.5 Å². The van der Waals surface area contributed by atoms with Crippen LogP contribution in [0.25, 0.3) is 0 Å². The van der Waals surface area contributed by atoms with Crippen molar-refractivity contribution in [2.45, 2.75) is 6.61 Å². The molecule has 0 amide bonds. The van der Waals surface area contributed by atoms with Crippen molar-refractivity contribution in [2.75, 3.05) is 0 Å². The van der Waals surface area contributed by atoms with Gasteiger partial charge < -0.3 is 4.74 Å². The Hall–Kier alpha value is -0.420. The maximum absolute atomic E-state index is 11.7. The molecule has 0 aliphatic carbocycles. The van der Waals surface area contributed by atoms with Crippen molar-refractivity contribution in [3.05, 3.63) is 21.9 Å². The Kier molecular flexibility index (Phi) is 3.22. The predicted octanol–water partition coefficient (Wildman–Crippen LogP) is 3.10. The molecule has 0 aliphatic rings. The monoisotopic (exact) mass is 257 g/mol. The van der Waals surface area contributed by atoms with E-state index in [1.54, 1.807) is 0 Å². The molecule has 12 heavy (non-hydrogen) atoms. The minimum atomic E-state index is -2.85. The van der Waals surface area contributed by atoms with Gasteiger partial charge in [-0.25, -0.2) is 4.98 Å². The number of pyridine rings is 1. The van der Waals surface area contributed by atoms with Crippen LogP contribution in [0.1, 0.15) is 0 Å². The summed E-state index contributed by atoms with van der Waals surface area (Å²) in [5.41, 5.74) is 0. The first kappa shape index (κ1) is 9.67. The van der Waals surface area contributed by atoms with Crippen LogP contribution in [0, 0.1) is 0 Å². The number of nitrogens with zero attached hydrogens (tertiary/aromatic N) is 1. The van der Waals surface area contributed by atoms with Crippen LogP contribution in [0.3, 0.4) is 0 Å². The van der Waals surface area contributed by atoms with Gasteiger partial charge in [0.2, 0.25) is 0 Å². The zero-order valence-electron chi connectivity index (χ0n) is 5.60. The molecule has 66 valence electrons. The van der Waals surface area contributed by atoms with E-state index in [2.05, 4.69) is 25.7 Å². The number of hydrogen-bond donors (Lipinski definition) is 0. The topological polar surface area (TPSA) is 22.1 Å². The highest BCUT2D eigenvalue weighted by Gasteiger charge is 2.06. The Labute approximate surface area is 80.6 Å². The number of alkyl halides is 2. The Balaban J connectivity index is 2.85. The molecule has 2 nitrogen and oxygen atoms in total. The summed E-state index contributed by atoms with van der Waals surface area (Å²) in [4.78, 5) is 3.70. The number of ether oxygens (including phenoxy) is 1. The SMILES string of the molecule is FC(F)Oc1cc(Cl)nc(Br)c1. The second-order valence-electron chi connectivity index (χ2n) is 1.83. The van der Waals surface area contributed by atoms with Crippen LogP contribution in [0.15, 0.2) is 16.7 Å². The Morgan fingerprint density at radius 2 is 2.17 bits per heavy atom. The van der Waals surface area contributed by atoms with Gasteiger partial charge >= 0.3 is 6.61 Å². The van der Waals surface area contributed by atoms with E-state index in [1.165, 1.54) is 12.1 Å². The van der Waals surface area contributed by atoms with Crippen LogP contribution in [-0.2, 0) is 0 Å². The fourth-order valence-corrected chi connectivity index (χ4v) is 1.33. The molecular formula is C6H3BrClF2NO. The van der Waals surface area contributed by atoms with Crippen molar-refractivity contribution >= 4 is 27.5 Å². The summed E-state index contributed by atoms with van der Waals surface area (Å²) in [5, 5.41) is 0.0972. The van der Waals surface area contributed by atoms with Gasteiger partial charge in [0.1, 0.15) is 15.5 Å². The van der Waals surface area contributed by atoms with Gasteiger partial charge in [0, 0.05) is 12.1 Å². The zero-order chi connectivity index (χ0) is 9.14. The first-order chi connectivity index (χ1) is 5.58. The van der Waals surface area contributed by atoms with Gasteiger partial charge in [0.25, 0.3) is 0 Å². The van der Waals surface area contributed by atoms with Gasteiger partial charge in [0.15, 0.2) is 0 Å². The number of halogens is 4. The van der Waals surface area contributed by atoms with Gasteiger partial charge in [-0.15, -0.1) is 0 Å². The van der Waals surface area contributed by atoms with Crippen LogP contribution in [0.5, 0.6) is 5.75 Å². The van der Waals surface area contributed by atoms with Crippen molar-refractivity contribution in [1.29, 1.82) is 0 Å². The van der Waals surface area contributed by atoms with Gasteiger partial charge in [-0.3, -0.25) is 0 Å². The molecular weight excluding hydrogens is 255 g/mol. The maximum atomic E-state index is 11.7. The molecule has 1 aromatic heterocycles. The largest absolute Gasteiger partial charge is 0.435 e. The van der Waals surface area contributed by atoms with Crippen molar-refractivity contribution in [1.82, 2.24) is 4.98 Å². The molecule has 0 radical (unpaired) electrons. The summed E-state index contributed by atoms with van der Waals surface area (Å²) < 4.78 is 27.8. The zero-order valence-corrected chi connectivity index (χ0v) is 7.94. The average Bonchev–Trinajstić information content (AvgIpc) is 1.81. The summed E-state index contributed by atoms with van der Waals surface area (Å²) >= 11 is 8.45. The molecule has 1 aromatic rings. The third-order valence-electron chi connectivity index (χ3n) is 0.962. The van der Waals surface area contributed by atoms with E-state index in [0.29, 0.717) is 4.60 Å². The normalized spacial score (nSPS) is 10.4. The van der Waals surface area contributed by atoms with E-state index >= 15 is 0 Å². The molecule has 0 saturated carbocycles. The number of aromatic nitrogens is 1. The molecule has 0 bridgehead atoms. The smallest absolute Gasteiger partial charge is 0.387 e. The standard InChI is InChI=1S/C6H3BrClF2NO/c7-4-1-3(12-6(9)10)2-5(8)11-4/h1-2,6H. The summed E-state index contributed by atoms with van der Waals surface area (Å²) in [6.07, 6.45) is 0.